The van der Waals surface area contributed by atoms with E-state index in [0.29, 0.717) is 5.15 Å². The number of nitrogens with zero attached hydrogens (tertiary/aromatic N) is 1. The first-order chi connectivity index (χ1) is 6.43. The van der Waals surface area contributed by atoms with Crippen molar-refractivity contribution in [3.63, 3.8) is 0 Å². The third-order valence-electron chi connectivity index (χ3n) is 3.07. The molecule has 1 heterocycles. The van der Waals surface area contributed by atoms with Gasteiger partial charge in [-0.2, -0.15) is 0 Å². The Morgan fingerprint density at radius 3 is 2.79 bits per heavy atom. The Bertz CT molecular complexity index is 404. The van der Waals surface area contributed by atoms with Crippen molar-refractivity contribution in [1.82, 2.24) is 4.57 Å². The van der Waals surface area contributed by atoms with E-state index in [1.54, 1.807) is 0 Å². The van der Waals surface area contributed by atoms with Gasteiger partial charge >= 0.3 is 0 Å². The fourth-order valence-electron chi connectivity index (χ4n) is 2.00. The van der Waals surface area contributed by atoms with Gasteiger partial charge in [0.15, 0.2) is 5.78 Å². The minimum atomic E-state index is -0.225. The molecule has 0 saturated heterocycles. The predicted octanol–water partition coefficient (Wildman–Crippen LogP) is 2.83. The van der Waals surface area contributed by atoms with E-state index in [2.05, 4.69) is 0 Å². The number of Topliss-reactive ketones (excluding diaryl/α,β-unsaturated/α-hetero) is 1. The lowest BCUT2D eigenvalue weighted by Gasteiger charge is -2.27. The normalized spacial score (nSPS) is 19.6. The lowest BCUT2D eigenvalue weighted by atomic mass is 9.75. The molecule has 0 aromatic carbocycles. The topological polar surface area (TPSA) is 22.0 Å². The Morgan fingerprint density at radius 2 is 2.14 bits per heavy atom. The number of fused-ring (bicyclic) bond motifs is 1. The number of ketones is 1. The van der Waals surface area contributed by atoms with Crippen LogP contribution in [-0.2, 0) is 13.5 Å². The molecule has 0 fully saturated rings. The van der Waals surface area contributed by atoms with Crippen molar-refractivity contribution in [3.05, 3.63) is 22.5 Å². The predicted molar refractivity (Wildman–Crippen MR) is 56.9 cm³/mol. The smallest absolute Gasteiger partial charge is 0.170 e. The molecule has 1 aromatic rings. The first-order valence-corrected chi connectivity index (χ1v) is 5.20. The minimum absolute atomic E-state index is 0.223. The van der Waals surface area contributed by atoms with Gasteiger partial charge in [0, 0.05) is 24.2 Å². The lowest BCUT2D eigenvalue weighted by Crippen LogP contribution is -2.29. The Labute approximate surface area is 88.9 Å². The van der Waals surface area contributed by atoms with Gasteiger partial charge in [-0.05, 0) is 18.4 Å². The molecule has 0 bridgehead atoms. The molecular weight excluding hydrogens is 198 g/mol. The van der Waals surface area contributed by atoms with Crippen LogP contribution in [0.1, 0.15) is 36.2 Å². The van der Waals surface area contributed by atoms with Crippen molar-refractivity contribution < 1.29 is 4.79 Å². The summed E-state index contributed by atoms with van der Waals surface area (Å²) in [5.41, 5.74) is 1.62. The van der Waals surface area contributed by atoms with Gasteiger partial charge in [-0.25, -0.2) is 0 Å². The monoisotopic (exact) mass is 211 g/mol. The van der Waals surface area contributed by atoms with Crippen LogP contribution in [0.2, 0.25) is 5.15 Å². The van der Waals surface area contributed by atoms with Gasteiger partial charge in [0.05, 0.1) is 0 Å². The number of hydrogen-bond acceptors (Lipinski definition) is 1. The first kappa shape index (κ1) is 9.78. The van der Waals surface area contributed by atoms with Crippen LogP contribution in [0.5, 0.6) is 0 Å². The van der Waals surface area contributed by atoms with Crippen molar-refractivity contribution in [2.24, 2.45) is 12.5 Å². The number of aryl methyl sites for hydroxylation is 1. The summed E-state index contributed by atoms with van der Waals surface area (Å²) >= 11 is 6.10. The second-order valence-corrected chi connectivity index (χ2v) is 4.99. The Kier molecular flexibility index (Phi) is 2.00. The molecule has 0 radical (unpaired) electrons. The number of hydrogen-bond donors (Lipinski definition) is 0. The van der Waals surface area contributed by atoms with Crippen molar-refractivity contribution in [2.75, 3.05) is 0 Å². The quantitative estimate of drug-likeness (QED) is 0.647. The van der Waals surface area contributed by atoms with E-state index in [9.17, 15) is 4.79 Å². The second-order valence-electron chi connectivity index (χ2n) is 4.64. The molecular formula is C11H14ClNO. The average molecular weight is 212 g/mol. The number of carbonyl (C=O) groups is 1. The Hall–Kier alpha value is -0.760. The molecule has 0 unspecified atom stereocenters. The van der Waals surface area contributed by atoms with Crippen LogP contribution < -0.4 is 0 Å². The van der Waals surface area contributed by atoms with Gasteiger partial charge in [-0.1, -0.05) is 25.4 Å². The van der Waals surface area contributed by atoms with Crippen LogP contribution in [0.4, 0.5) is 0 Å². The standard InChI is InChI=1S/C11H14ClNO/c1-11(2)5-4-7-8(9(11)14)6-13(3)10(7)12/h6H,4-5H2,1-3H3. The molecule has 0 spiro atoms. The molecule has 1 aliphatic carbocycles. The molecule has 0 aliphatic heterocycles. The summed E-state index contributed by atoms with van der Waals surface area (Å²) in [6.45, 7) is 4.00. The highest BCUT2D eigenvalue weighted by atomic mass is 35.5. The van der Waals surface area contributed by atoms with E-state index in [1.807, 2.05) is 31.7 Å². The zero-order chi connectivity index (χ0) is 10.5. The Balaban J connectivity index is 2.57. The highest BCUT2D eigenvalue weighted by Gasteiger charge is 2.36. The number of aromatic nitrogens is 1. The fraction of sp³-hybridized carbons (Fsp3) is 0.545. The number of halogens is 1. The van der Waals surface area contributed by atoms with Crippen LogP contribution in [-0.4, -0.2) is 10.4 Å². The van der Waals surface area contributed by atoms with E-state index >= 15 is 0 Å². The third-order valence-corrected chi connectivity index (χ3v) is 3.56. The minimum Gasteiger partial charge on any atom is -0.341 e. The molecule has 76 valence electrons. The highest BCUT2D eigenvalue weighted by Crippen LogP contribution is 2.38. The zero-order valence-corrected chi connectivity index (χ0v) is 9.48. The summed E-state index contributed by atoms with van der Waals surface area (Å²) < 4.78 is 1.82. The van der Waals surface area contributed by atoms with Crippen LogP contribution in [0.25, 0.3) is 0 Å². The summed E-state index contributed by atoms with van der Waals surface area (Å²) in [6, 6.07) is 0. The van der Waals surface area contributed by atoms with Gasteiger partial charge in [-0.3, -0.25) is 4.79 Å². The molecule has 3 heteroatoms. The lowest BCUT2D eigenvalue weighted by molar-refractivity contribution is 0.0812. The third kappa shape index (κ3) is 1.21. The van der Waals surface area contributed by atoms with E-state index < -0.39 is 0 Å². The van der Waals surface area contributed by atoms with E-state index in [4.69, 9.17) is 11.6 Å². The summed E-state index contributed by atoms with van der Waals surface area (Å²) in [6.07, 6.45) is 3.65. The van der Waals surface area contributed by atoms with Crippen molar-refractivity contribution in [3.8, 4) is 0 Å². The van der Waals surface area contributed by atoms with Gasteiger partial charge in [0.2, 0.25) is 0 Å². The maximum absolute atomic E-state index is 12.0. The number of rotatable bonds is 0. The van der Waals surface area contributed by atoms with Gasteiger partial charge in [0.25, 0.3) is 0 Å². The van der Waals surface area contributed by atoms with Crippen molar-refractivity contribution >= 4 is 17.4 Å². The molecule has 1 aromatic heterocycles. The van der Waals surface area contributed by atoms with Crippen LogP contribution >= 0.6 is 11.6 Å². The Morgan fingerprint density at radius 1 is 1.50 bits per heavy atom. The fourth-order valence-corrected chi connectivity index (χ4v) is 2.25. The van der Waals surface area contributed by atoms with Gasteiger partial charge in [-0.15, -0.1) is 0 Å². The van der Waals surface area contributed by atoms with E-state index in [-0.39, 0.29) is 11.2 Å². The van der Waals surface area contributed by atoms with Crippen LogP contribution in [0, 0.1) is 5.41 Å². The molecule has 14 heavy (non-hydrogen) atoms. The maximum atomic E-state index is 12.0. The van der Waals surface area contributed by atoms with E-state index in [0.717, 1.165) is 24.0 Å². The average Bonchev–Trinajstić information content (AvgIpc) is 2.38. The van der Waals surface area contributed by atoms with Crippen molar-refractivity contribution in [1.29, 1.82) is 0 Å². The van der Waals surface area contributed by atoms with Crippen molar-refractivity contribution in [2.45, 2.75) is 26.7 Å². The highest BCUT2D eigenvalue weighted by molar-refractivity contribution is 6.31. The van der Waals surface area contributed by atoms with E-state index in [1.165, 1.54) is 0 Å². The SMILES string of the molecule is Cn1cc2c(c1Cl)CCC(C)(C)C2=O. The second kappa shape index (κ2) is 2.86. The largest absolute Gasteiger partial charge is 0.341 e. The molecule has 0 amide bonds. The van der Waals surface area contributed by atoms with Crippen LogP contribution in [0.3, 0.4) is 0 Å². The molecule has 2 nitrogen and oxygen atoms in total. The zero-order valence-electron chi connectivity index (χ0n) is 8.72. The summed E-state index contributed by atoms with van der Waals surface area (Å²) in [4.78, 5) is 12.0. The van der Waals surface area contributed by atoms with Gasteiger partial charge in [0.1, 0.15) is 5.15 Å². The molecule has 0 atom stereocenters. The maximum Gasteiger partial charge on any atom is 0.170 e. The molecule has 0 N–H and O–H groups in total. The first-order valence-electron chi connectivity index (χ1n) is 4.82. The van der Waals surface area contributed by atoms with Gasteiger partial charge < -0.3 is 4.57 Å². The number of carbonyl (C=O) groups excluding carboxylic acids is 1. The summed E-state index contributed by atoms with van der Waals surface area (Å²) in [5, 5.41) is 0.712. The summed E-state index contributed by atoms with van der Waals surface area (Å²) in [7, 11) is 1.88. The van der Waals surface area contributed by atoms with Crippen LogP contribution in [0.15, 0.2) is 6.20 Å². The summed E-state index contributed by atoms with van der Waals surface area (Å²) in [5.74, 6) is 0.223. The molecule has 0 saturated carbocycles. The molecule has 2 rings (SSSR count). The molecule has 1 aliphatic rings.